The number of esters is 1. The number of allylic oxidation sites excluding steroid dienone is 7. The van der Waals surface area contributed by atoms with Gasteiger partial charge in [0.1, 0.15) is 6.10 Å². The van der Waals surface area contributed by atoms with Gasteiger partial charge in [-0.25, -0.2) is 4.79 Å². The molecule has 0 aromatic rings. The highest BCUT2D eigenvalue weighted by atomic mass is 16.5. The van der Waals surface area contributed by atoms with Crippen molar-refractivity contribution in [2.24, 2.45) is 11.8 Å². The first-order valence-corrected chi connectivity index (χ1v) is 7.79. The molecule has 112 valence electrons. The van der Waals surface area contributed by atoms with Crippen LogP contribution >= 0.6 is 0 Å². The smallest absolute Gasteiger partial charge is 0.331 e. The van der Waals surface area contributed by atoms with Crippen molar-refractivity contribution in [1.82, 2.24) is 0 Å². The summed E-state index contributed by atoms with van der Waals surface area (Å²) in [6, 6.07) is 0. The molecule has 1 heterocycles. The molecule has 0 aromatic carbocycles. The summed E-state index contributed by atoms with van der Waals surface area (Å²) in [4.78, 5) is 11.0. The van der Waals surface area contributed by atoms with E-state index in [9.17, 15) is 4.79 Å². The van der Waals surface area contributed by atoms with E-state index in [-0.39, 0.29) is 12.1 Å². The van der Waals surface area contributed by atoms with E-state index < -0.39 is 0 Å². The van der Waals surface area contributed by atoms with Crippen LogP contribution in [-0.2, 0) is 9.53 Å². The highest BCUT2D eigenvalue weighted by Gasteiger charge is 2.29. The Balaban J connectivity index is 1.53. The maximum atomic E-state index is 11.0. The molecule has 0 radical (unpaired) electrons. The maximum absolute atomic E-state index is 11.0. The summed E-state index contributed by atoms with van der Waals surface area (Å²) in [6.45, 7) is 2.29. The first-order chi connectivity index (χ1) is 10.3. The molecule has 1 saturated carbocycles. The van der Waals surface area contributed by atoms with Crippen LogP contribution in [0.15, 0.2) is 60.8 Å². The topological polar surface area (TPSA) is 26.3 Å². The van der Waals surface area contributed by atoms with Gasteiger partial charge in [0.2, 0.25) is 0 Å². The quantitative estimate of drug-likeness (QED) is 0.390. The standard InChI is InChI=1S/C19H24O2/c1-16-15-17(16)11-8-6-4-2-3-5-7-9-12-18-13-10-14-19(20)21-18/h4-12,14,16-18H,2-3,13,15H2,1H3/b6-4+,7-5+,11-8+,12-9+/t16-,17+,18+/m0/s1. The van der Waals surface area contributed by atoms with E-state index in [1.807, 2.05) is 24.3 Å². The molecule has 0 saturated heterocycles. The van der Waals surface area contributed by atoms with Crippen molar-refractivity contribution < 1.29 is 9.53 Å². The van der Waals surface area contributed by atoms with Crippen LogP contribution in [0.4, 0.5) is 0 Å². The van der Waals surface area contributed by atoms with Crippen molar-refractivity contribution in [3.63, 3.8) is 0 Å². The minimum absolute atomic E-state index is 0.109. The third-order valence-corrected chi connectivity index (χ3v) is 3.74. The summed E-state index contributed by atoms with van der Waals surface area (Å²) < 4.78 is 5.12. The van der Waals surface area contributed by atoms with Gasteiger partial charge < -0.3 is 4.74 Å². The number of hydrogen-bond acceptors (Lipinski definition) is 2. The van der Waals surface area contributed by atoms with Gasteiger partial charge in [0.25, 0.3) is 0 Å². The van der Waals surface area contributed by atoms with Crippen LogP contribution < -0.4 is 0 Å². The molecule has 0 aromatic heterocycles. The van der Waals surface area contributed by atoms with Crippen molar-refractivity contribution in [2.75, 3.05) is 0 Å². The second kappa shape index (κ2) is 8.46. The van der Waals surface area contributed by atoms with Crippen LogP contribution in [0.2, 0.25) is 0 Å². The minimum atomic E-state index is -0.251. The van der Waals surface area contributed by atoms with Gasteiger partial charge in [0.05, 0.1) is 0 Å². The largest absolute Gasteiger partial charge is 0.455 e. The number of hydrogen-bond donors (Lipinski definition) is 0. The highest BCUT2D eigenvalue weighted by Crippen LogP contribution is 2.38. The summed E-state index contributed by atoms with van der Waals surface area (Å²) in [5, 5.41) is 0. The predicted octanol–water partition coefficient (Wildman–Crippen LogP) is 4.52. The molecule has 1 aliphatic carbocycles. The lowest BCUT2D eigenvalue weighted by molar-refractivity contribution is -0.141. The van der Waals surface area contributed by atoms with Crippen molar-refractivity contribution >= 4 is 5.97 Å². The molecule has 0 N–H and O–H groups in total. The van der Waals surface area contributed by atoms with Crippen LogP contribution in [0.3, 0.4) is 0 Å². The van der Waals surface area contributed by atoms with E-state index in [1.54, 1.807) is 0 Å². The van der Waals surface area contributed by atoms with Gasteiger partial charge in [0.15, 0.2) is 0 Å². The molecule has 2 rings (SSSR count). The fourth-order valence-corrected chi connectivity index (χ4v) is 2.21. The van der Waals surface area contributed by atoms with Gasteiger partial charge >= 0.3 is 5.97 Å². The van der Waals surface area contributed by atoms with Gasteiger partial charge in [-0.3, -0.25) is 0 Å². The summed E-state index contributed by atoms with van der Waals surface area (Å²) in [5.74, 6) is 1.46. The minimum Gasteiger partial charge on any atom is -0.455 e. The summed E-state index contributed by atoms with van der Waals surface area (Å²) in [7, 11) is 0. The summed E-state index contributed by atoms with van der Waals surface area (Å²) >= 11 is 0. The SMILES string of the molecule is C[C@H]1C[C@H]1/C=C/C=C/CC/C=C/C=C/[C@@H]1CC=CC(=O)O1. The van der Waals surface area contributed by atoms with Crippen molar-refractivity contribution in [3.8, 4) is 0 Å². The van der Waals surface area contributed by atoms with Gasteiger partial charge in [-0.15, -0.1) is 0 Å². The molecule has 2 heteroatoms. The van der Waals surface area contributed by atoms with Gasteiger partial charge in [0, 0.05) is 12.5 Å². The van der Waals surface area contributed by atoms with E-state index in [4.69, 9.17) is 4.74 Å². The highest BCUT2D eigenvalue weighted by molar-refractivity contribution is 5.82. The van der Waals surface area contributed by atoms with Crippen LogP contribution in [0, 0.1) is 11.8 Å². The Morgan fingerprint density at radius 2 is 1.81 bits per heavy atom. The van der Waals surface area contributed by atoms with E-state index in [1.165, 1.54) is 12.5 Å². The molecule has 0 spiro atoms. The summed E-state index contributed by atoms with van der Waals surface area (Å²) in [6.07, 6.45) is 24.3. The molecule has 2 aliphatic rings. The Bertz CT molecular complexity index is 480. The molecule has 2 nitrogen and oxygen atoms in total. The fourth-order valence-electron chi connectivity index (χ4n) is 2.21. The zero-order chi connectivity index (χ0) is 14.9. The van der Waals surface area contributed by atoms with Crippen LogP contribution in [0.25, 0.3) is 0 Å². The van der Waals surface area contributed by atoms with E-state index >= 15 is 0 Å². The number of ether oxygens (including phenoxy) is 1. The average molecular weight is 284 g/mol. The monoisotopic (exact) mass is 284 g/mol. The maximum Gasteiger partial charge on any atom is 0.331 e. The van der Waals surface area contributed by atoms with E-state index in [2.05, 4.69) is 37.3 Å². The molecule has 1 fully saturated rings. The Hall–Kier alpha value is -1.83. The zero-order valence-electron chi connectivity index (χ0n) is 12.7. The normalized spacial score (nSPS) is 29.2. The number of carbonyl (C=O) groups excluding carboxylic acids is 1. The first kappa shape index (κ1) is 15.6. The van der Waals surface area contributed by atoms with Crippen LogP contribution in [0.5, 0.6) is 0 Å². The van der Waals surface area contributed by atoms with E-state index in [0.29, 0.717) is 0 Å². The average Bonchev–Trinajstić information content (AvgIpc) is 3.17. The third kappa shape index (κ3) is 6.44. The number of cyclic esters (lactones) is 1. The molecule has 21 heavy (non-hydrogen) atoms. The Kier molecular flexibility index (Phi) is 6.26. The zero-order valence-corrected chi connectivity index (χ0v) is 12.7. The molecule has 3 atom stereocenters. The fraction of sp³-hybridized carbons (Fsp3) is 0.421. The molecule has 0 bridgehead atoms. The predicted molar refractivity (Wildman–Crippen MR) is 86.7 cm³/mol. The van der Waals surface area contributed by atoms with Crippen molar-refractivity contribution in [1.29, 1.82) is 0 Å². The molecule has 1 aliphatic heterocycles. The Morgan fingerprint density at radius 3 is 2.43 bits per heavy atom. The second-order valence-corrected chi connectivity index (χ2v) is 5.69. The lowest BCUT2D eigenvalue weighted by Gasteiger charge is -2.13. The second-order valence-electron chi connectivity index (χ2n) is 5.69. The molecule has 0 amide bonds. The third-order valence-electron chi connectivity index (χ3n) is 3.74. The lowest BCUT2D eigenvalue weighted by Crippen LogP contribution is -2.17. The number of unbranched alkanes of at least 4 members (excludes halogenated alkanes) is 1. The molecular formula is C19H24O2. The first-order valence-electron chi connectivity index (χ1n) is 7.79. The van der Waals surface area contributed by atoms with Gasteiger partial charge in [-0.05, 0) is 37.2 Å². The van der Waals surface area contributed by atoms with Gasteiger partial charge in [-0.1, -0.05) is 55.5 Å². The Morgan fingerprint density at radius 1 is 1.14 bits per heavy atom. The lowest BCUT2D eigenvalue weighted by atomic mass is 10.2. The van der Waals surface area contributed by atoms with Gasteiger partial charge in [-0.2, -0.15) is 0 Å². The molecular weight excluding hydrogens is 260 g/mol. The Labute approximate surface area is 127 Å². The van der Waals surface area contributed by atoms with Crippen LogP contribution in [-0.4, -0.2) is 12.1 Å². The summed E-state index contributed by atoms with van der Waals surface area (Å²) in [5.41, 5.74) is 0. The molecule has 0 unspecified atom stereocenters. The van der Waals surface area contributed by atoms with Crippen LogP contribution in [0.1, 0.15) is 32.6 Å². The number of rotatable bonds is 7. The number of carbonyl (C=O) groups is 1. The van der Waals surface area contributed by atoms with E-state index in [0.717, 1.165) is 31.1 Å². The van der Waals surface area contributed by atoms with Crippen molar-refractivity contribution in [3.05, 3.63) is 60.8 Å². The van der Waals surface area contributed by atoms with Crippen molar-refractivity contribution in [2.45, 2.75) is 38.7 Å².